The summed E-state index contributed by atoms with van der Waals surface area (Å²) in [5, 5.41) is 1.13. The topological polar surface area (TPSA) is 49.4 Å². The first-order valence-corrected chi connectivity index (χ1v) is 5.61. The molecule has 0 unspecified atom stereocenters. The third kappa shape index (κ3) is 1.96. The van der Waals surface area contributed by atoms with Crippen molar-refractivity contribution in [1.82, 2.24) is 4.57 Å². The minimum absolute atomic E-state index is 0.633. The minimum Gasteiger partial charge on any atom is -0.497 e. The molecule has 0 saturated carbocycles. The Hall–Kier alpha value is -1.68. The van der Waals surface area contributed by atoms with E-state index in [0.717, 1.165) is 28.8 Å². The molecule has 92 valence electrons. The molecule has 0 aliphatic heterocycles. The third-order valence-corrected chi connectivity index (χ3v) is 2.97. The van der Waals surface area contributed by atoms with Crippen LogP contribution in [0.3, 0.4) is 0 Å². The van der Waals surface area contributed by atoms with Crippen molar-refractivity contribution in [3.05, 3.63) is 23.9 Å². The molecule has 1 heterocycles. The van der Waals surface area contributed by atoms with Crippen molar-refractivity contribution in [2.45, 2.75) is 6.42 Å². The molecule has 0 aliphatic rings. The average molecular weight is 234 g/mol. The van der Waals surface area contributed by atoms with Crippen LogP contribution in [-0.4, -0.2) is 25.3 Å². The van der Waals surface area contributed by atoms with Crippen molar-refractivity contribution in [1.29, 1.82) is 0 Å². The lowest BCUT2D eigenvalue weighted by Crippen LogP contribution is -2.02. The van der Waals surface area contributed by atoms with E-state index in [0.29, 0.717) is 6.54 Å². The smallest absolute Gasteiger partial charge is 0.132 e. The molecule has 4 nitrogen and oxygen atoms in total. The van der Waals surface area contributed by atoms with Gasteiger partial charge in [0.05, 0.1) is 19.7 Å². The average Bonchev–Trinajstić information content (AvgIpc) is 2.66. The Morgan fingerprint density at radius 3 is 2.59 bits per heavy atom. The Bertz CT molecular complexity index is 532. The lowest BCUT2D eigenvalue weighted by molar-refractivity contribution is 0.397. The summed E-state index contributed by atoms with van der Waals surface area (Å²) in [6.07, 6.45) is 2.94. The highest BCUT2D eigenvalue weighted by Gasteiger charge is 2.13. The van der Waals surface area contributed by atoms with Crippen LogP contribution in [-0.2, 0) is 13.5 Å². The monoisotopic (exact) mass is 234 g/mol. The van der Waals surface area contributed by atoms with Crippen LogP contribution < -0.4 is 15.2 Å². The van der Waals surface area contributed by atoms with E-state index in [4.69, 9.17) is 15.2 Å². The molecule has 2 rings (SSSR count). The summed E-state index contributed by atoms with van der Waals surface area (Å²) in [6.45, 7) is 0.633. The summed E-state index contributed by atoms with van der Waals surface area (Å²) < 4.78 is 12.8. The Balaban J connectivity index is 2.72. The maximum absolute atomic E-state index is 5.63. The van der Waals surface area contributed by atoms with Gasteiger partial charge in [-0.3, -0.25) is 0 Å². The molecule has 0 bridgehead atoms. The Labute approximate surface area is 101 Å². The molecule has 2 N–H and O–H groups in total. The van der Waals surface area contributed by atoms with Gasteiger partial charge in [0.15, 0.2) is 0 Å². The number of nitrogens with zero attached hydrogens (tertiary/aromatic N) is 1. The van der Waals surface area contributed by atoms with Gasteiger partial charge in [0.2, 0.25) is 0 Å². The molecule has 0 atom stereocenters. The maximum atomic E-state index is 5.63. The van der Waals surface area contributed by atoms with E-state index in [-0.39, 0.29) is 0 Å². The van der Waals surface area contributed by atoms with E-state index in [2.05, 4.69) is 10.8 Å². The number of rotatable bonds is 4. The Morgan fingerprint density at radius 2 is 2.00 bits per heavy atom. The van der Waals surface area contributed by atoms with Crippen LogP contribution in [0, 0.1) is 0 Å². The summed E-state index contributed by atoms with van der Waals surface area (Å²) in [7, 11) is 5.35. The number of benzene rings is 1. The minimum atomic E-state index is 0.633. The first-order chi connectivity index (χ1) is 8.21. The van der Waals surface area contributed by atoms with Crippen LogP contribution in [0.15, 0.2) is 18.3 Å². The number of hydrogen-bond acceptors (Lipinski definition) is 3. The Kier molecular flexibility index (Phi) is 3.24. The van der Waals surface area contributed by atoms with Gasteiger partial charge in [-0.25, -0.2) is 0 Å². The molecule has 0 radical (unpaired) electrons. The summed E-state index contributed by atoms with van der Waals surface area (Å²) in [4.78, 5) is 0. The molecule has 4 heteroatoms. The number of aromatic nitrogens is 1. The molecule has 2 aromatic rings. The van der Waals surface area contributed by atoms with Crippen LogP contribution in [0.5, 0.6) is 11.5 Å². The SMILES string of the molecule is COc1cc(OC)c2c(CCN)cn(C)c2c1. The summed E-state index contributed by atoms with van der Waals surface area (Å²) in [6, 6.07) is 3.92. The fourth-order valence-electron chi connectivity index (χ4n) is 2.17. The maximum Gasteiger partial charge on any atom is 0.132 e. The molecule has 1 aromatic heterocycles. The highest BCUT2D eigenvalue weighted by Crippen LogP contribution is 2.34. The highest BCUT2D eigenvalue weighted by atomic mass is 16.5. The van der Waals surface area contributed by atoms with E-state index >= 15 is 0 Å². The second-order valence-corrected chi connectivity index (χ2v) is 4.03. The first kappa shape index (κ1) is 11.8. The molecular formula is C13H18N2O2. The Morgan fingerprint density at radius 1 is 1.24 bits per heavy atom. The fourth-order valence-corrected chi connectivity index (χ4v) is 2.17. The molecule has 0 aliphatic carbocycles. The second-order valence-electron chi connectivity index (χ2n) is 4.03. The van der Waals surface area contributed by atoms with E-state index in [1.54, 1.807) is 14.2 Å². The third-order valence-electron chi connectivity index (χ3n) is 2.97. The van der Waals surface area contributed by atoms with Crippen molar-refractivity contribution in [3.8, 4) is 11.5 Å². The molecule has 0 spiro atoms. The van der Waals surface area contributed by atoms with Crippen molar-refractivity contribution >= 4 is 10.9 Å². The van der Waals surface area contributed by atoms with Gasteiger partial charge in [0.25, 0.3) is 0 Å². The van der Waals surface area contributed by atoms with Crippen LogP contribution >= 0.6 is 0 Å². The van der Waals surface area contributed by atoms with E-state index in [9.17, 15) is 0 Å². The van der Waals surface area contributed by atoms with Gasteiger partial charge in [0, 0.05) is 30.8 Å². The fraction of sp³-hybridized carbons (Fsp3) is 0.385. The first-order valence-electron chi connectivity index (χ1n) is 5.61. The van der Waals surface area contributed by atoms with Crippen molar-refractivity contribution < 1.29 is 9.47 Å². The molecule has 0 amide bonds. The van der Waals surface area contributed by atoms with E-state index in [1.807, 2.05) is 19.2 Å². The van der Waals surface area contributed by atoms with Crippen molar-refractivity contribution in [2.75, 3.05) is 20.8 Å². The van der Waals surface area contributed by atoms with Gasteiger partial charge >= 0.3 is 0 Å². The quantitative estimate of drug-likeness (QED) is 0.876. The van der Waals surface area contributed by atoms with Gasteiger partial charge < -0.3 is 19.8 Å². The molecule has 17 heavy (non-hydrogen) atoms. The van der Waals surface area contributed by atoms with Crippen LogP contribution in [0.4, 0.5) is 0 Å². The largest absolute Gasteiger partial charge is 0.497 e. The van der Waals surface area contributed by atoms with Gasteiger partial charge in [-0.2, -0.15) is 0 Å². The van der Waals surface area contributed by atoms with Gasteiger partial charge in [0.1, 0.15) is 11.5 Å². The highest BCUT2D eigenvalue weighted by molar-refractivity contribution is 5.91. The lowest BCUT2D eigenvalue weighted by atomic mass is 10.1. The standard InChI is InChI=1S/C13H18N2O2/c1-15-8-9(4-5-14)13-11(15)6-10(16-2)7-12(13)17-3/h6-8H,4-5,14H2,1-3H3. The van der Waals surface area contributed by atoms with Gasteiger partial charge in [-0.15, -0.1) is 0 Å². The number of nitrogens with two attached hydrogens (primary N) is 1. The number of ether oxygens (including phenoxy) is 2. The van der Waals surface area contributed by atoms with E-state index in [1.165, 1.54) is 5.56 Å². The zero-order chi connectivity index (χ0) is 12.4. The van der Waals surface area contributed by atoms with Crippen molar-refractivity contribution in [2.24, 2.45) is 12.8 Å². The summed E-state index contributed by atoms with van der Waals surface area (Å²) in [5.41, 5.74) is 7.95. The predicted octanol–water partition coefficient (Wildman–Crippen LogP) is 1.70. The normalized spacial score (nSPS) is 10.8. The zero-order valence-corrected chi connectivity index (χ0v) is 10.5. The lowest BCUT2D eigenvalue weighted by Gasteiger charge is -2.08. The van der Waals surface area contributed by atoms with Gasteiger partial charge in [-0.1, -0.05) is 0 Å². The van der Waals surface area contributed by atoms with Crippen LogP contribution in [0.1, 0.15) is 5.56 Å². The number of fused-ring (bicyclic) bond motifs is 1. The van der Waals surface area contributed by atoms with Crippen molar-refractivity contribution in [3.63, 3.8) is 0 Å². The molecule has 0 saturated heterocycles. The molecular weight excluding hydrogens is 216 g/mol. The van der Waals surface area contributed by atoms with Crippen LogP contribution in [0.25, 0.3) is 10.9 Å². The molecule has 1 aromatic carbocycles. The predicted molar refractivity (Wildman–Crippen MR) is 68.8 cm³/mol. The summed E-state index contributed by atoms with van der Waals surface area (Å²) >= 11 is 0. The number of hydrogen-bond donors (Lipinski definition) is 1. The number of aryl methyl sites for hydroxylation is 1. The number of methoxy groups -OCH3 is 2. The second kappa shape index (κ2) is 4.67. The van der Waals surface area contributed by atoms with E-state index < -0.39 is 0 Å². The van der Waals surface area contributed by atoms with Crippen LogP contribution in [0.2, 0.25) is 0 Å². The summed E-state index contributed by atoms with van der Waals surface area (Å²) in [5.74, 6) is 1.64. The molecule has 0 fully saturated rings. The van der Waals surface area contributed by atoms with Gasteiger partial charge in [-0.05, 0) is 18.5 Å². The zero-order valence-electron chi connectivity index (χ0n) is 10.5.